The third-order valence-electron chi connectivity index (χ3n) is 3.86. The Hall–Kier alpha value is -0.910. The highest BCUT2D eigenvalue weighted by atomic mass is 32.2. The molecule has 0 aliphatic rings. The van der Waals surface area contributed by atoms with Gasteiger partial charge >= 0.3 is 5.97 Å². The maximum absolute atomic E-state index is 11.9. The molecule has 0 heterocycles. The minimum absolute atomic E-state index is 0.100. The molecule has 190 valence electrons. The normalized spacial score (nSPS) is 12.8. The molecule has 0 fully saturated rings. The fraction of sp³-hybridized carbons (Fsp3) is 0.909. The van der Waals surface area contributed by atoms with Crippen LogP contribution in [-0.2, 0) is 28.5 Å². The molecule has 0 aliphatic carbocycles. The molecule has 0 spiro atoms. The number of nitrogens with one attached hydrogen (secondary N) is 2. The molecular weight excluding hydrogens is 436 g/mol. The molecule has 32 heavy (non-hydrogen) atoms. The molecule has 0 bridgehead atoms. The molecule has 0 saturated heterocycles. The van der Waals surface area contributed by atoms with Crippen molar-refractivity contribution in [3.63, 3.8) is 0 Å². The van der Waals surface area contributed by atoms with Crippen LogP contribution in [0.5, 0.6) is 0 Å². The van der Waals surface area contributed by atoms with Crippen LogP contribution in [0.15, 0.2) is 0 Å². The molecule has 0 saturated carbocycles. The predicted octanol–water partition coefficient (Wildman–Crippen LogP) is 1.79. The lowest BCUT2D eigenvalue weighted by Crippen LogP contribution is -2.43. The van der Waals surface area contributed by atoms with Crippen molar-refractivity contribution in [2.75, 3.05) is 70.9 Å². The quantitative estimate of drug-likeness (QED) is 0.211. The molecule has 0 aromatic rings. The van der Waals surface area contributed by atoms with Gasteiger partial charge in [0, 0.05) is 24.3 Å². The topological polar surface area (TPSA) is 115 Å². The highest BCUT2D eigenvalue weighted by Gasteiger charge is 2.19. The van der Waals surface area contributed by atoms with Crippen molar-refractivity contribution in [1.29, 1.82) is 0 Å². The maximum atomic E-state index is 11.9. The number of aliphatic carboxylic acids is 1. The molecule has 9 nitrogen and oxygen atoms in total. The van der Waals surface area contributed by atoms with E-state index in [0.717, 1.165) is 12.3 Å². The van der Waals surface area contributed by atoms with Gasteiger partial charge in [0.1, 0.15) is 6.04 Å². The zero-order chi connectivity index (χ0) is 24.2. The summed E-state index contributed by atoms with van der Waals surface area (Å²) >= 11 is 1.53. The minimum atomic E-state index is -1.02. The van der Waals surface area contributed by atoms with Crippen LogP contribution < -0.4 is 10.6 Å². The zero-order valence-electron chi connectivity index (χ0n) is 20.4. The second kappa shape index (κ2) is 19.5. The average molecular weight is 481 g/mol. The standard InChI is InChI=1S/C22H44N2O7S/c1-18(2)16-32-17-19(21(26)27)24-20(25)6-8-28-10-12-30-14-15-31-13-11-29-9-7-23-22(3,4)5/h18-19,23H,6-17H2,1-5H3,(H,24,25)(H,26,27)/t19-/m0/s1. The van der Waals surface area contributed by atoms with Gasteiger partial charge in [-0.05, 0) is 32.4 Å². The Morgan fingerprint density at radius 2 is 1.34 bits per heavy atom. The predicted molar refractivity (Wildman–Crippen MR) is 127 cm³/mol. The lowest BCUT2D eigenvalue weighted by Gasteiger charge is -2.20. The molecule has 1 amide bonds. The number of ether oxygens (including phenoxy) is 4. The third kappa shape index (κ3) is 22.3. The molecular formula is C22H44N2O7S. The second-order valence-corrected chi connectivity index (χ2v) is 9.84. The van der Waals surface area contributed by atoms with E-state index in [0.29, 0.717) is 57.9 Å². The van der Waals surface area contributed by atoms with Gasteiger partial charge in [0.15, 0.2) is 0 Å². The summed E-state index contributed by atoms with van der Waals surface area (Å²) < 4.78 is 21.7. The van der Waals surface area contributed by atoms with Crippen LogP contribution in [0.25, 0.3) is 0 Å². The highest BCUT2D eigenvalue weighted by molar-refractivity contribution is 7.99. The first-order chi connectivity index (χ1) is 15.1. The smallest absolute Gasteiger partial charge is 0.327 e. The van der Waals surface area contributed by atoms with Crippen LogP contribution in [0.2, 0.25) is 0 Å². The Bertz CT molecular complexity index is 487. The molecule has 0 unspecified atom stereocenters. The molecule has 0 aromatic heterocycles. The number of carboxylic acid groups (broad SMARTS) is 1. The van der Waals surface area contributed by atoms with E-state index in [1.165, 1.54) is 11.8 Å². The van der Waals surface area contributed by atoms with Gasteiger partial charge in [-0.25, -0.2) is 4.79 Å². The van der Waals surface area contributed by atoms with Gasteiger partial charge in [-0.1, -0.05) is 13.8 Å². The minimum Gasteiger partial charge on any atom is -0.480 e. The van der Waals surface area contributed by atoms with Crippen molar-refractivity contribution in [1.82, 2.24) is 10.6 Å². The number of carbonyl (C=O) groups excluding carboxylic acids is 1. The molecule has 10 heteroatoms. The van der Waals surface area contributed by atoms with E-state index in [4.69, 9.17) is 18.9 Å². The molecule has 0 aliphatic heterocycles. The summed E-state index contributed by atoms with van der Waals surface area (Å²) in [4.78, 5) is 23.1. The van der Waals surface area contributed by atoms with Gasteiger partial charge in [-0.15, -0.1) is 0 Å². The fourth-order valence-electron chi connectivity index (χ4n) is 2.29. The van der Waals surface area contributed by atoms with Crippen molar-refractivity contribution in [3.05, 3.63) is 0 Å². The first-order valence-electron chi connectivity index (χ1n) is 11.3. The number of hydrogen-bond acceptors (Lipinski definition) is 8. The van der Waals surface area contributed by atoms with Gasteiger partial charge in [0.05, 0.1) is 52.9 Å². The van der Waals surface area contributed by atoms with Crippen LogP contribution in [0.1, 0.15) is 41.0 Å². The van der Waals surface area contributed by atoms with E-state index in [1.807, 2.05) is 0 Å². The van der Waals surface area contributed by atoms with Crippen LogP contribution in [0.4, 0.5) is 0 Å². The van der Waals surface area contributed by atoms with Crippen molar-refractivity contribution in [2.45, 2.75) is 52.6 Å². The summed E-state index contributed by atoms with van der Waals surface area (Å²) in [5.41, 5.74) is 0.100. The Balaban J connectivity index is 3.48. The number of carbonyl (C=O) groups is 2. The molecule has 0 aromatic carbocycles. The summed E-state index contributed by atoms with van der Waals surface area (Å²) in [5, 5.41) is 15.1. The Kier molecular flexibility index (Phi) is 19.0. The average Bonchev–Trinajstić information content (AvgIpc) is 2.68. The Morgan fingerprint density at radius 1 is 0.844 bits per heavy atom. The van der Waals surface area contributed by atoms with Gasteiger partial charge in [0.2, 0.25) is 5.91 Å². The van der Waals surface area contributed by atoms with Crippen LogP contribution >= 0.6 is 11.8 Å². The third-order valence-corrected chi connectivity index (χ3v) is 5.33. The highest BCUT2D eigenvalue weighted by Crippen LogP contribution is 2.09. The van der Waals surface area contributed by atoms with E-state index < -0.39 is 12.0 Å². The van der Waals surface area contributed by atoms with Gasteiger partial charge in [-0.2, -0.15) is 11.8 Å². The molecule has 1 atom stereocenters. The summed E-state index contributed by atoms with van der Waals surface area (Å²) in [6.45, 7) is 15.0. The van der Waals surface area contributed by atoms with E-state index in [1.54, 1.807) is 0 Å². The summed E-state index contributed by atoms with van der Waals surface area (Å²) in [6, 6.07) is -0.875. The lowest BCUT2D eigenvalue weighted by molar-refractivity contribution is -0.141. The number of rotatable bonds is 21. The van der Waals surface area contributed by atoms with Gasteiger partial charge in [-0.3, -0.25) is 4.79 Å². The number of amides is 1. The van der Waals surface area contributed by atoms with E-state index >= 15 is 0 Å². The Labute approximate surface area is 197 Å². The van der Waals surface area contributed by atoms with Gasteiger partial charge < -0.3 is 34.7 Å². The van der Waals surface area contributed by atoms with E-state index in [-0.39, 0.29) is 24.5 Å². The van der Waals surface area contributed by atoms with Crippen molar-refractivity contribution >= 4 is 23.6 Å². The number of carboxylic acids is 1. The van der Waals surface area contributed by atoms with Crippen LogP contribution in [0.3, 0.4) is 0 Å². The zero-order valence-corrected chi connectivity index (χ0v) is 21.3. The largest absolute Gasteiger partial charge is 0.480 e. The van der Waals surface area contributed by atoms with Gasteiger partial charge in [0.25, 0.3) is 0 Å². The van der Waals surface area contributed by atoms with Crippen LogP contribution in [-0.4, -0.2) is 99.5 Å². The molecule has 3 N–H and O–H groups in total. The van der Waals surface area contributed by atoms with E-state index in [2.05, 4.69) is 45.3 Å². The summed E-state index contributed by atoms with van der Waals surface area (Å²) in [5.74, 6) is 0.351. The maximum Gasteiger partial charge on any atom is 0.327 e. The molecule has 0 rings (SSSR count). The lowest BCUT2D eigenvalue weighted by atomic mass is 10.1. The molecule has 0 radical (unpaired) electrons. The van der Waals surface area contributed by atoms with Crippen molar-refractivity contribution < 1.29 is 33.6 Å². The summed E-state index contributed by atoms with van der Waals surface area (Å²) in [6.07, 6.45) is 0.118. The van der Waals surface area contributed by atoms with Crippen molar-refractivity contribution in [2.24, 2.45) is 5.92 Å². The van der Waals surface area contributed by atoms with Crippen LogP contribution in [0, 0.1) is 5.92 Å². The van der Waals surface area contributed by atoms with Crippen molar-refractivity contribution in [3.8, 4) is 0 Å². The fourth-order valence-corrected chi connectivity index (χ4v) is 3.36. The Morgan fingerprint density at radius 3 is 1.81 bits per heavy atom. The first-order valence-corrected chi connectivity index (χ1v) is 12.4. The second-order valence-electron chi connectivity index (χ2n) is 8.77. The number of hydrogen-bond donors (Lipinski definition) is 3. The number of thioether (sulfide) groups is 1. The SMILES string of the molecule is CC(C)CSC[C@H](NC(=O)CCOCCOCCOCCOCCNC(C)(C)C)C(=O)O. The first kappa shape index (κ1) is 31.1. The summed E-state index contributed by atoms with van der Waals surface area (Å²) in [7, 11) is 0. The monoisotopic (exact) mass is 480 g/mol. The van der Waals surface area contributed by atoms with E-state index in [9.17, 15) is 14.7 Å².